The molecule has 2 aliphatic heterocycles. The Kier molecular flexibility index (Phi) is 7.24. The molecule has 1 atom stereocenters. The first-order chi connectivity index (χ1) is 19.3. The maximum absolute atomic E-state index is 13.7. The van der Waals surface area contributed by atoms with Crippen molar-refractivity contribution in [3.8, 4) is 17.1 Å². The fourth-order valence-electron chi connectivity index (χ4n) is 5.65. The van der Waals surface area contributed by atoms with E-state index in [0.717, 1.165) is 43.0 Å². The van der Waals surface area contributed by atoms with Crippen molar-refractivity contribution in [2.75, 3.05) is 46.5 Å². The van der Waals surface area contributed by atoms with Gasteiger partial charge in [-0.25, -0.2) is 22.7 Å². The number of pyridine rings is 1. The zero-order valence-corrected chi connectivity index (χ0v) is 23.5. The maximum Gasteiger partial charge on any atom is 0.251 e. The number of hydrogen-bond acceptors (Lipinski definition) is 7. The fourth-order valence-corrected chi connectivity index (χ4v) is 6.19. The summed E-state index contributed by atoms with van der Waals surface area (Å²) in [5.74, 6) is -1.59. The Morgan fingerprint density at radius 3 is 2.35 bits per heavy atom. The summed E-state index contributed by atoms with van der Waals surface area (Å²) in [6.07, 6.45) is 6.33. The summed E-state index contributed by atoms with van der Waals surface area (Å²) in [4.78, 5) is 8.92. The molecule has 1 aromatic carbocycles. The molecule has 2 saturated heterocycles. The molecule has 1 unspecified atom stereocenters. The van der Waals surface area contributed by atoms with E-state index in [0.29, 0.717) is 33.9 Å². The molecule has 3 aliphatic rings. The van der Waals surface area contributed by atoms with E-state index in [9.17, 15) is 18.1 Å². The Morgan fingerprint density at radius 2 is 1.68 bits per heavy atom. The predicted molar refractivity (Wildman–Crippen MR) is 152 cm³/mol. The number of halogens is 2. The highest BCUT2D eigenvalue weighted by atomic mass is 32.2. The maximum atomic E-state index is 13.7. The number of nitrogens with one attached hydrogen (secondary N) is 1. The summed E-state index contributed by atoms with van der Waals surface area (Å²) in [6.45, 7) is 3.98. The summed E-state index contributed by atoms with van der Waals surface area (Å²) in [5.41, 5.74) is 4.86. The van der Waals surface area contributed by atoms with Crippen LogP contribution in [0.3, 0.4) is 0 Å². The van der Waals surface area contributed by atoms with Crippen LogP contribution in [0.2, 0.25) is 0 Å². The molecule has 4 heterocycles. The van der Waals surface area contributed by atoms with Gasteiger partial charge in [-0.05, 0) is 67.0 Å². The van der Waals surface area contributed by atoms with Crippen LogP contribution in [0, 0.1) is 5.41 Å². The summed E-state index contributed by atoms with van der Waals surface area (Å²) < 4.78 is 44.5. The Morgan fingerprint density at radius 1 is 0.950 bits per heavy atom. The highest BCUT2D eigenvalue weighted by molar-refractivity contribution is 7.86. The lowest BCUT2D eigenvalue weighted by atomic mass is 9.93. The van der Waals surface area contributed by atoms with Gasteiger partial charge in [0.25, 0.3) is 5.92 Å². The zero-order valence-electron chi connectivity index (χ0n) is 22.7. The van der Waals surface area contributed by atoms with Crippen LogP contribution in [0.15, 0.2) is 36.5 Å². The van der Waals surface area contributed by atoms with E-state index in [1.165, 1.54) is 12.8 Å². The van der Waals surface area contributed by atoms with Crippen LogP contribution in [0.1, 0.15) is 51.0 Å². The Balaban J connectivity index is 1.31. The van der Waals surface area contributed by atoms with E-state index in [4.69, 9.17) is 4.98 Å². The van der Waals surface area contributed by atoms with Crippen LogP contribution < -0.4 is 14.5 Å². The Bertz CT molecular complexity index is 1390. The number of benzene rings is 1. The topological polar surface area (TPSA) is 99.4 Å². The second kappa shape index (κ2) is 10.7. The minimum absolute atomic E-state index is 0.199. The quantitative estimate of drug-likeness (QED) is 0.410. The van der Waals surface area contributed by atoms with E-state index >= 15 is 0 Å². The number of aliphatic hydroxyl groups excluding tert-OH is 1. The predicted octanol–water partition coefficient (Wildman–Crippen LogP) is 4.53. The summed E-state index contributed by atoms with van der Waals surface area (Å²) in [6, 6.07) is 9.38. The number of hydrogen-bond donors (Lipinski definition) is 2. The first-order valence-corrected chi connectivity index (χ1v) is 15.3. The van der Waals surface area contributed by atoms with Crippen LogP contribution in [-0.4, -0.2) is 67.1 Å². The molecular weight excluding hydrogens is 536 g/mol. The van der Waals surface area contributed by atoms with Crippen molar-refractivity contribution in [2.24, 2.45) is 5.41 Å². The van der Waals surface area contributed by atoms with E-state index in [1.807, 2.05) is 30.0 Å². The fraction of sp³-hybridized carbons (Fsp3) is 0.536. The number of piperidine rings is 2. The van der Waals surface area contributed by atoms with Gasteiger partial charge in [0.05, 0.1) is 29.9 Å². The van der Waals surface area contributed by atoms with Crippen molar-refractivity contribution in [1.82, 2.24) is 20.0 Å². The Labute approximate surface area is 235 Å². The summed E-state index contributed by atoms with van der Waals surface area (Å²) in [5, 5.41) is 18.7. The molecule has 0 amide bonds. The van der Waals surface area contributed by atoms with Crippen molar-refractivity contribution in [1.29, 1.82) is 0 Å². The summed E-state index contributed by atoms with van der Waals surface area (Å²) >= 11 is 0. The van der Waals surface area contributed by atoms with E-state index in [2.05, 4.69) is 19.9 Å². The molecule has 214 valence electrons. The number of aromatic nitrogens is 4. The highest BCUT2D eigenvalue weighted by Gasteiger charge is 2.44. The molecule has 40 heavy (non-hydrogen) atoms. The molecule has 6 rings (SSSR count). The van der Waals surface area contributed by atoms with Gasteiger partial charge in [0.15, 0.2) is 0 Å². The molecule has 9 nitrogen and oxygen atoms in total. The van der Waals surface area contributed by atoms with E-state index < -0.39 is 16.9 Å². The van der Waals surface area contributed by atoms with Crippen molar-refractivity contribution in [3.63, 3.8) is 0 Å². The van der Waals surface area contributed by atoms with Crippen LogP contribution in [0.5, 0.6) is 0 Å². The monoisotopic (exact) mass is 571 g/mol. The first kappa shape index (κ1) is 27.1. The molecule has 1 spiro atoms. The van der Waals surface area contributed by atoms with Crippen molar-refractivity contribution < 1.29 is 18.1 Å². The second-order valence-corrected chi connectivity index (χ2v) is 12.7. The third kappa shape index (κ3) is 5.69. The second-order valence-electron chi connectivity index (χ2n) is 11.2. The van der Waals surface area contributed by atoms with Gasteiger partial charge in [0.2, 0.25) is 0 Å². The van der Waals surface area contributed by atoms with Gasteiger partial charge in [-0.3, -0.25) is 0 Å². The normalized spacial score (nSPS) is 20.5. The lowest BCUT2D eigenvalue weighted by Crippen LogP contribution is -2.39. The smallest absolute Gasteiger partial charge is 0.251 e. The number of rotatable bonds is 8. The third-order valence-electron chi connectivity index (χ3n) is 8.47. The van der Waals surface area contributed by atoms with E-state index in [1.54, 1.807) is 23.0 Å². The van der Waals surface area contributed by atoms with Crippen LogP contribution in [0.25, 0.3) is 17.1 Å². The average Bonchev–Trinajstić information content (AvgIpc) is 3.53. The number of nitrogens with zero attached hydrogens (tertiary/aromatic N) is 6. The minimum atomic E-state index is -2.65. The molecule has 3 fully saturated rings. The molecule has 1 saturated carbocycles. The van der Waals surface area contributed by atoms with Crippen molar-refractivity contribution in [2.45, 2.75) is 58.0 Å². The largest absolute Gasteiger partial charge is 0.392 e. The molecule has 3 aromatic rings. The lowest BCUT2D eigenvalue weighted by molar-refractivity contribution is -0.0221. The van der Waals surface area contributed by atoms with Gasteiger partial charge < -0.3 is 19.6 Å². The molecule has 2 N–H and O–H groups in total. The highest BCUT2D eigenvalue weighted by Crippen LogP contribution is 2.54. The summed E-state index contributed by atoms with van der Waals surface area (Å²) in [7, 11) is -1.16. The SMILES string of the molecule is CCS(=O)Nc1ccc(-n2cc(-c3cc(CO)cc(N4CCC(F)(F)CC4)n3)nn2)c(N2CCC3(CC2)CC3)c1. The van der Waals surface area contributed by atoms with Crippen LogP contribution in [-0.2, 0) is 17.6 Å². The third-order valence-corrected chi connectivity index (χ3v) is 9.45. The zero-order chi connectivity index (χ0) is 27.9. The van der Waals surface area contributed by atoms with E-state index in [-0.39, 0.29) is 32.5 Å². The lowest BCUT2D eigenvalue weighted by Gasteiger charge is -2.35. The van der Waals surface area contributed by atoms with Gasteiger partial charge in [-0.15, -0.1) is 5.10 Å². The number of anilines is 3. The molecular formula is C28H35F2N7O2S. The van der Waals surface area contributed by atoms with Crippen molar-refractivity contribution >= 4 is 28.2 Å². The minimum Gasteiger partial charge on any atom is -0.392 e. The van der Waals surface area contributed by atoms with Gasteiger partial charge in [0, 0.05) is 50.5 Å². The molecule has 0 bridgehead atoms. The van der Waals surface area contributed by atoms with Gasteiger partial charge >= 0.3 is 0 Å². The molecule has 2 aromatic heterocycles. The molecule has 1 aliphatic carbocycles. The van der Waals surface area contributed by atoms with Gasteiger partial charge in [-0.2, -0.15) is 0 Å². The van der Waals surface area contributed by atoms with Crippen molar-refractivity contribution in [3.05, 3.63) is 42.1 Å². The number of aliphatic hydroxyl groups is 1. The average molecular weight is 572 g/mol. The molecule has 0 radical (unpaired) electrons. The standard InChI is InChI=1S/C28H35F2N7O2S/c1-2-40(39)33-21-3-4-24(25(17-21)35-11-7-27(5-6-27)8-12-35)37-18-23(32-34-37)22-15-20(19-38)16-26(31-22)36-13-9-28(29,30)10-14-36/h3-4,15-18,33,38H,2,5-14,19H2,1H3. The number of alkyl halides is 2. The Hall–Kier alpha value is -3.12. The molecule has 12 heteroatoms. The van der Waals surface area contributed by atoms with Crippen LogP contribution in [0.4, 0.5) is 26.0 Å². The first-order valence-electron chi connectivity index (χ1n) is 14.0. The van der Waals surface area contributed by atoms with Gasteiger partial charge in [-0.1, -0.05) is 12.1 Å². The van der Waals surface area contributed by atoms with Crippen LogP contribution >= 0.6 is 0 Å². The van der Waals surface area contributed by atoms with Gasteiger partial charge in [0.1, 0.15) is 22.5 Å².